The monoisotopic (exact) mass is 317 g/mol. The van der Waals surface area contributed by atoms with E-state index in [1.54, 1.807) is 17.7 Å². The van der Waals surface area contributed by atoms with Crippen molar-refractivity contribution in [3.8, 4) is 0 Å². The molecule has 5 nitrogen and oxygen atoms in total. The fourth-order valence-corrected chi connectivity index (χ4v) is 4.16. The first-order valence-corrected chi connectivity index (χ1v) is 8.75. The molecule has 1 aromatic heterocycles. The molecule has 0 saturated carbocycles. The largest absolute Gasteiger partial charge is 0.337 e. The van der Waals surface area contributed by atoms with Crippen LogP contribution in [0, 0.1) is 6.92 Å². The molecule has 2 saturated heterocycles. The van der Waals surface area contributed by atoms with Crippen LogP contribution in [0.5, 0.6) is 0 Å². The molecule has 1 aromatic rings. The lowest BCUT2D eigenvalue weighted by molar-refractivity contribution is 0.0741. The minimum Gasteiger partial charge on any atom is -0.337 e. The van der Waals surface area contributed by atoms with Crippen molar-refractivity contribution in [3.63, 3.8) is 0 Å². The zero-order chi connectivity index (χ0) is 16.6. The summed E-state index contributed by atoms with van der Waals surface area (Å²) in [4.78, 5) is 30.0. The average molecular weight is 317 g/mol. The van der Waals surface area contributed by atoms with E-state index in [0.717, 1.165) is 56.7 Å². The maximum absolute atomic E-state index is 13.0. The van der Waals surface area contributed by atoms with Crippen molar-refractivity contribution in [1.29, 1.82) is 0 Å². The van der Waals surface area contributed by atoms with Gasteiger partial charge in [0, 0.05) is 38.4 Å². The molecule has 3 heterocycles. The molecule has 0 N–H and O–H groups in total. The Labute approximate surface area is 137 Å². The molecule has 0 unspecified atom stereocenters. The molecule has 23 heavy (non-hydrogen) atoms. The summed E-state index contributed by atoms with van der Waals surface area (Å²) in [7, 11) is 1.77. The molecule has 0 aliphatic carbocycles. The summed E-state index contributed by atoms with van der Waals surface area (Å²) in [5.41, 5.74) is 2.19. The molecular formula is C18H27N3O2. The van der Waals surface area contributed by atoms with Crippen LogP contribution in [0.25, 0.3) is 0 Å². The fourth-order valence-electron chi connectivity index (χ4n) is 4.16. The third-order valence-corrected chi connectivity index (χ3v) is 5.41. The number of hydrogen-bond acceptors (Lipinski definition) is 3. The number of hydrogen-bond donors (Lipinski definition) is 0. The second kappa shape index (κ2) is 6.48. The molecule has 0 radical (unpaired) electrons. The van der Waals surface area contributed by atoms with Crippen LogP contribution in [0.1, 0.15) is 47.8 Å². The predicted molar refractivity (Wildman–Crippen MR) is 90.9 cm³/mol. The second-order valence-corrected chi connectivity index (χ2v) is 6.84. The number of carbonyl (C=O) groups excluding carboxylic acids is 1. The van der Waals surface area contributed by atoms with Crippen LogP contribution in [0.3, 0.4) is 0 Å². The fraction of sp³-hybridized carbons (Fsp3) is 0.667. The summed E-state index contributed by atoms with van der Waals surface area (Å²) >= 11 is 0. The van der Waals surface area contributed by atoms with Gasteiger partial charge >= 0.3 is 0 Å². The van der Waals surface area contributed by atoms with Crippen LogP contribution < -0.4 is 5.56 Å². The Kier molecular flexibility index (Phi) is 4.57. The standard InChI is InChI=1S/C18H27N3O2/c1-4-16-13(2)11-15(17(22)19(16)3)18(23)21-10-6-9-20-8-5-7-14(20)12-21/h11,14H,4-10,12H2,1-3H3/t14-/m0/s1. The molecule has 126 valence electrons. The van der Waals surface area contributed by atoms with Gasteiger partial charge in [0.2, 0.25) is 0 Å². The Hall–Kier alpha value is -1.62. The molecule has 2 aliphatic rings. The van der Waals surface area contributed by atoms with Gasteiger partial charge in [-0.15, -0.1) is 0 Å². The number of amides is 1. The van der Waals surface area contributed by atoms with Crippen molar-refractivity contribution >= 4 is 5.91 Å². The third kappa shape index (κ3) is 2.94. The molecule has 0 spiro atoms. The van der Waals surface area contributed by atoms with Crippen LogP contribution >= 0.6 is 0 Å². The smallest absolute Gasteiger partial charge is 0.263 e. The lowest BCUT2D eigenvalue weighted by Gasteiger charge is -2.26. The van der Waals surface area contributed by atoms with Gasteiger partial charge in [0.05, 0.1) is 0 Å². The first-order chi connectivity index (χ1) is 11.0. The number of fused-ring (bicyclic) bond motifs is 1. The summed E-state index contributed by atoms with van der Waals surface area (Å²) in [6.45, 7) is 7.75. The van der Waals surface area contributed by atoms with E-state index in [1.165, 1.54) is 6.42 Å². The van der Waals surface area contributed by atoms with E-state index in [1.807, 2.05) is 18.7 Å². The van der Waals surface area contributed by atoms with Gasteiger partial charge in [-0.3, -0.25) is 14.5 Å². The minimum atomic E-state index is -0.162. The Balaban J connectivity index is 1.89. The first-order valence-electron chi connectivity index (χ1n) is 8.75. The van der Waals surface area contributed by atoms with E-state index >= 15 is 0 Å². The summed E-state index contributed by atoms with van der Waals surface area (Å²) in [6.07, 6.45) is 4.18. The second-order valence-electron chi connectivity index (χ2n) is 6.84. The quantitative estimate of drug-likeness (QED) is 0.832. The lowest BCUT2D eigenvalue weighted by atomic mass is 10.1. The molecule has 0 aromatic carbocycles. The van der Waals surface area contributed by atoms with E-state index in [-0.39, 0.29) is 11.5 Å². The number of carbonyl (C=O) groups is 1. The topological polar surface area (TPSA) is 45.6 Å². The molecule has 5 heteroatoms. The zero-order valence-electron chi connectivity index (χ0n) is 14.5. The maximum atomic E-state index is 13.0. The van der Waals surface area contributed by atoms with Crippen molar-refractivity contribution in [2.45, 2.75) is 45.6 Å². The molecular weight excluding hydrogens is 290 g/mol. The van der Waals surface area contributed by atoms with Gasteiger partial charge in [-0.25, -0.2) is 0 Å². The van der Waals surface area contributed by atoms with Crippen molar-refractivity contribution < 1.29 is 4.79 Å². The maximum Gasteiger partial charge on any atom is 0.263 e. The van der Waals surface area contributed by atoms with Crippen LogP contribution in [0.15, 0.2) is 10.9 Å². The van der Waals surface area contributed by atoms with E-state index in [2.05, 4.69) is 4.90 Å². The average Bonchev–Trinajstić information content (AvgIpc) is 2.87. The van der Waals surface area contributed by atoms with Gasteiger partial charge in [0.15, 0.2) is 0 Å². The van der Waals surface area contributed by atoms with E-state index in [9.17, 15) is 9.59 Å². The summed E-state index contributed by atoms with van der Waals surface area (Å²) in [5, 5.41) is 0. The number of aromatic nitrogens is 1. The number of pyridine rings is 1. The Morgan fingerprint density at radius 1 is 1.26 bits per heavy atom. The minimum absolute atomic E-state index is 0.0925. The van der Waals surface area contributed by atoms with Gasteiger partial charge in [0.1, 0.15) is 5.56 Å². The zero-order valence-corrected chi connectivity index (χ0v) is 14.5. The van der Waals surface area contributed by atoms with Gasteiger partial charge in [-0.2, -0.15) is 0 Å². The molecule has 1 amide bonds. The molecule has 2 fully saturated rings. The van der Waals surface area contributed by atoms with Crippen molar-refractivity contribution in [2.24, 2.45) is 7.05 Å². The highest BCUT2D eigenvalue weighted by molar-refractivity contribution is 5.94. The van der Waals surface area contributed by atoms with Crippen molar-refractivity contribution in [3.05, 3.63) is 33.2 Å². The summed E-state index contributed by atoms with van der Waals surface area (Å²) in [5.74, 6) is -0.0925. The highest BCUT2D eigenvalue weighted by Crippen LogP contribution is 2.22. The third-order valence-electron chi connectivity index (χ3n) is 5.41. The number of nitrogens with zero attached hydrogens (tertiary/aromatic N) is 3. The molecule has 1 atom stereocenters. The van der Waals surface area contributed by atoms with E-state index < -0.39 is 0 Å². The molecule has 2 aliphatic heterocycles. The Morgan fingerprint density at radius 3 is 2.74 bits per heavy atom. The van der Waals surface area contributed by atoms with Crippen LogP contribution in [-0.4, -0.2) is 52.5 Å². The van der Waals surface area contributed by atoms with Gasteiger partial charge in [-0.1, -0.05) is 6.92 Å². The van der Waals surface area contributed by atoms with Crippen LogP contribution in [-0.2, 0) is 13.5 Å². The van der Waals surface area contributed by atoms with E-state index in [0.29, 0.717) is 11.6 Å². The number of rotatable bonds is 2. The van der Waals surface area contributed by atoms with Crippen LogP contribution in [0.4, 0.5) is 0 Å². The van der Waals surface area contributed by atoms with Crippen LogP contribution in [0.2, 0.25) is 0 Å². The lowest BCUT2D eigenvalue weighted by Crippen LogP contribution is -2.42. The summed E-state index contributed by atoms with van der Waals surface area (Å²) in [6, 6.07) is 2.27. The van der Waals surface area contributed by atoms with Crippen molar-refractivity contribution in [1.82, 2.24) is 14.4 Å². The highest BCUT2D eigenvalue weighted by Gasteiger charge is 2.31. The first kappa shape index (κ1) is 16.2. The van der Waals surface area contributed by atoms with E-state index in [4.69, 9.17) is 0 Å². The Morgan fingerprint density at radius 2 is 2.00 bits per heavy atom. The number of aryl methyl sites for hydroxylation is 1. The summed E-state index contributed by atoms with van der Waals surface area (Å²) < 4.78 is 1.64. The van der Waals surface area contributed by atoms with Gasteiger partial charge in [0.25, 0.3) is 11.5 Å². The SMILES string of the molecule is CCc1c(C)cc(C(=O)N2CCCN3CCC[C@H]3C2)c(=O)n1C. The Bertz CT molecular complexity index is 665. The molecule has 3 rings (SSSR count). The van der Waals surface area contributed by atoms with Crippen molar-refractivity contribution in [2.75, 3.05) is 26.2 Å². The predicted octanol–water partition coefficient (Wildman–Crippen LogP) is 1.57. The van der Waals surface area contributed by atoms with Gasteiger partial charge < -0.3 is 9.47 Å². The highest BCUT2D eigenvalue weighted by atomic mass is 16.2. The molecule has 0 bridgehead atoms. The van der Waals surface area contributed by atoms with Gasteiger partial charge in [-0.05, 0) is 50.8 Å². The normalized spacial score (nSPS) is 22.0.